The molecule has 0 bridgehead atoms. The number of fused-ring (bicyclic) bond motifs is 1. The van der Waals surface area contributed by atoms with E-state index in [1.54, 1.807) is 18.2 Å². The van der Waals surface area contributed by atoms with Crippen LogP contribution in [0.15, 0.2) is 66.7 Å². The highest BCUT2D eigenvalue weighted by Crippen LogP contribution is 2.32. The molecule has 0 fully saturated rings. The highest BCUT2D eigenvalue weighted by atomic mass is 16.6. The van der Waals surface area contributed by atoms with Gasteiger partial charge in [-0.05, 0) is 35.0 Å². The number of hydrogen-bond donors (Lipinski definition) is 0. The smallest absolute Gasteiger partial charge is 0.308 e. The van der Waals surface area contributed by atoms with Crippen molar-refractivity contribution in [2.45, 2.75) is 6.92 Å². The lowest BCUT2D eigenvalue weighted by molar-refractivity contribution is -0.131. The topological polar surface area (TPSA) is 35.5 Å². The number of hydrogen-bond acceptors (Lipinski definition) is 3. The number of ether oxygens (including phenoxy) is 2. The average Bonchev–Trinajstić information content (AvgIpc) is 2.49. The molecule has 0 aliphatic heterocycles. The SMILES string of the molecule is CC(=O)Oc1ccccc1Oc1ccc2ccccc2c1. The summed E-state index contributed by atoms with van der Waals surface area (Å²) in [6.45, 7) is 1.37. The molecule has 0 N–H and O–H groups in total. The van der Waals surface area contributed by atoms with Crippen molar-refractivity contribution in [3.05, 3.63) is 66.7 Å². The van der Waals surface area contributed by atoms with Gasteiger partial charge in [0.25, 0.3) is 0 Å². The van der Waals surface area contributed by atoms with Crippen molar-refractivity contribution in [1.82, 2.24) is 0 Å². The van der Waals surface area contributed by atoms with Crippen LogP contribution in [0.4, 0.5) is 0 Å². The molecule has 0 saturated carbocycles. The molecule has 0 radical (unpaired) electrons. The Morgan fingerprint density at radius 2 is 1.48 bits per heavy atom. The van der Waals surface area contributed by atoms with Crippen LogP contribution in [0.25, 0.3) is 10.8 Å². The van der Waals surface area contributed by atoms with Gasteiger partial charge in [0.1, 0.15) is 5.75 Å². The van der Waals surface area contributed by atoms with Gasteiger partial charge in [0, 0.05) is 6.92 Å². The first-order chi connectivity index (χ1) is 10.2. The van der Waals surface area contributed by atoms with Crippen LogP contribution >= 0.6 is 0 Å². The van der Waals surface area contributed by atoms with Crippen LogP contribution in [0.2, 0.25) is 0 Å². The third-order valence-corrected chi connectivity index (χ3v) is 3.05. The monoisotopic (exact) mass is 278 g/mol. The number of rotatable bonds is 3. The first-order valence-electron chi connectivity index (χ1n) is 6.66. The van der Waals surface area contributed by atoms with Crippen LogP contribution < -0.4 is 9.47 Å². The van der Waals surface area contributed by atoms with Crippen molar-refractivity contribution in [3.8, 4) is 17.2 Å². The molecule has 3 aromatic carbocycles. The minimum absolute atomic E-state index is 0.371. The lowest BCUT2D eigenvalue weighted by Gasteiger charge is -2.10. The molecule has 3 aromatic rings. The van der Waals surface area contributed by atoms with E-state index in [0.717, 1.165) is 10.8 Å². The van der Waals surface area contributed by atoms with Crippen molar-refractivity contribution >= 4 is 16.7 Å². The summed E-state index contributed by atoms with van der Waals surface area (Å²) in [5, 5.41) is 2.25. The molecule has 3 rings (SSSR count). The quantitative estimate of drug-likeness (QED) is 0.520. The van der Waals surface area contributed by atoms with Crippen LogP contribution in [0.1, 0.15) is 6.92 Å². The van der Waals surface area contributed by atoms with Crippen LogP contribution in [-0.2, 0) is 4.79 Å². The van der Waals surface area contributed by atoms with E-state index in [0.29, 0.717) is 17.2 Å². The molecule has 0 heterocycles. The maximum Gasteiger partial charge on any atom is 0.308 e. The number of carbonyl (C=O) groups is 1. The van der Waals surface area contributed by atoms with Gasteiger partial charge in [-0.1, -0.05) is 42.5 Å². The van der Waals surface area contributed by atoms with E-state index >= 15 is 0 Å². The van der Waals surface area contributed by atoms with E-state index in [2.05, 4.69) is 0 Å². The largest absolute Gasteiger partial charge is 0.453 e. The molecule has 0 aliphatic rings. The van der Waals surface area contributed by atoms with E-state index in [1.807, 2.05) is 48.5 Å². The summed E-state index contributed by atoms with van der Waals surface area (Å²) in [5.74, 6) is 1.26. The van der Waals surface area contributed by atoms with E-state index in [-0.39, 0.29) is 5.97 Å². The lowest BCUT2D eigenvalue weighted by atomic mass is 10.1. The predicted molar refractivity (Wildman–Crippen MR) is 81.8 cm³/mol. The van der Waals surface area contributed by atoms with Gasteiger partial charge in [-0.2, -0.15) is 0 Å². The third kappa shape index (κ3) is 3.03. The van der Waals surface area contributed by atoms with Gasteiger partial charge >= 0.3 is 5.97 Å². The van der Waals surface area contributed by atoms with Gasteiger partial charge in [-0.25, -0.2) is 0 Å². The molecule has 0 amide bonds. The van der Waals surface area contributed by atoms with Crippen molar-refractivity contribution in [2.24, 2.45) is 0 Å². The highest BCUT2D eigenvalue weighted by Gasteiger charge is 2.08. The van der Waals surface area contributed by atoms with Crippen molar-refractivity contribution in [2.75, 3.05) is 0 Å². The second kappa shape index (κ2) is 5.67. The van der Waals surface area contributed by atoms with Crippen molar-refractivity contribution < 1.29 is 14.3 Å². The summed E-state index contributed by atoms with van der Waals surface area (Å²) < 4.78 is 11.0. The zero-order valence-corrected chi connectivity index (χ0v) is 11.6. The summed E-state index contributed by atoms with van der Waals surface area (Å²) >= 11 is 0. The lowest BCUT2D eigenvalue weighted by Crippen LogP contribution is -2.02. The van der Waals surface area contributed by atoms with Gasteiger partial charge in [0.15, 0.2) is 11.5 Å². The van der Waals surface area contributed by atoms with Gasteiger partial charge in [-0.15, -0.1) is 0 Å². The summed E-state index contributed by atoms with van der Waals surface area (Å²) in [6.07, 6.45) is 0. The van der Waals surface area contributed by atoms with Gasteiger partial charge < -0.3 is 9.47 Å². The first kappa shape index (κ1) is 13.2. The van der Waals surface area contributed by atoms with Crippen molar-refractivity contribution in [3.63, 3.8) is 0 Å². The fraction of sp³-hybridized carbons (Fsp3) is 0.0556. The first-order valence-corrected chi connectivity index (χ1v) is 6.66. The van der Waals surface area contributed by atoms with E-state index in [9.17, 15) is 4.79 Å². The third-order valence-electron chi connectivity index (χ3n) is 3.05. The Hall–Kier alpha value is -2.81. The zero-order valence-electron chi connectivity index (χ0n) is 11.6. The Labute approximate surface area is 122 Å². The minimum atomic E-state index is -0.371. The molecule has 0 atom stereocenters. The molecule has 3 heteroatoms. The van der Waals surface area contributed by atoms with Crippen LogP contribution in [0, 0.1) is 0 Å². The molecular formula is C18H14O3. The van der Waals surface area contributed by atoms with E-state index < -0.39 is 0 Å². The van der Waals surface area contributed by atoms with Crippen LogP contribution in [0.3, 0.4) is 0 Å². The Balaban J connectivity index is 1.93. The van der Waals surface area contributed by atoms with Crippen LogP contribution in [0.5, 0.6) is 17.2 Å². The van der Waals surface area contributed by atoms with E-state index in [1.165, 1.54) is 6.92 Å². The highest BCUT2D eigenvalue weighted by molar-refractivity contribution is 5.83. The predicted octanol–water partition coefficient (Wildman–Crippen LogP) is 4.56. The molecule has 0 aliphatic carbocycles. The van der Waals surface area contributed by atoms with Crippen LogP contribution in [-0.4, -0.2) is 5.97 Å². The van der Waals surface area contributed by atoms with Gasteiger partial charge in [0.2, 0.25) is 0 Å². The summed E-state index contributed by atoms with van der Waals surface area (Å²) in [7, 11) is 0. The second-order valence-electron chi connectivity index (χ2n) is 4.65. The Kier molecular flexibility index (Phi) is 3.56. The maximum absolute atomic E-state index is 11.1. The fourth-order valence-electron chi connectivity index (χ4n) is 2.13. The second-order valence-corrected chi connectivity index (χ2v) is 4.65. The Morgan fingerprint density at radius 1 is 0.810 bits per heavy atom. The number of carbonyl (C=O) groups excluding carboxylic acids is 1. The molecule has 104 valence electrons. The molecule has 21 heavy (non-hydrogen) atoms. The fourth-order valence-corrected chi connectivity index (χ4v) is 2.13. The Bertz CT molecular complexity index is 793. The maximum atomic E-state index is 11.1. The van der Waals surface area contributed by atoms with E-state index in [4.69, 9.17) is 9.47 Å². The Morgan fingerprint density at radius 3 is 2.24 bits per heavy atom. The van der Waals surface area contributed by atoms with Crippen molar-refractivity contribution in [1.29, 1.82) is 0 Å². The average molecular weight is 278 g/mol. The zero-order chi connectivity index (χ0) is 14.7. The molecule has 0 saturated heterocycles. The molecule has 0 unspecified atom stereocenters. The summed E-state index contributed by atoms with van der Waals surface area (Å²) in [5.41, 5.74) is 0. The molecule has 0 aromatic heterocycles. The summed E-state index contributed by atoms with van der Waals surface area (Å²) in [6, 6.07) is 21.0. The van der Waals surface area contributed by atoms with Gasteiger partial charge in [-0.3, -0.25) is 4.79 Å². The number of esters is 1. The standard InChI is InChI=1S/C18H14O3/c1-13(19)20-17-8-4-5-9-18(17)21-16-11-10-14-6-2-3-7-15(14)12-16/h2-12H,1H3. The van der Waals surface area contributed by atoms with Gasteiger partial charge in [0.05, 0.1) is 0 Å². The molecule has 0 spiro atoms. The summed E-state index contributed by atoms with van der Waals surface area (Å²) in [4.78, 5) is 11.1. The molecular weight excluding hydrogens is 264 g/mol. The number of para-hydroxylation sites is 2. The minimum Gasteiger partial charge on any atom is -0.453 e. The molecule has 3 nitrogen and oxygen atoms in total. The number of benzene rings is 3. The normalized spacial score (nSPS) is 10.3.